The number of hydrogen-bond acceptors (Lipinski definition) is 15. The van der Waals surface area contributed by atoms with Crippen LogP contribution in [0.25, 0.3) is 0 Å². The van der Waals surface area contributed by atoms with Crippen molar-refractivity contribution in [2.24, 2.45) is 22.9 Å². The first-order chi connectivity index (χ1) is 40.7. The molecule has 0 unspecified atom stereocenters. The lowest BCUT2D eigenvalue weighted by molar-refractivity contribution is -0.143. The molecule has 13 N–H and O–H groups in total. The average molecular weight is 1160 g/mol. The zero-order valence-corrected chi connectivity index (χ0v) is 49.7. The number of nitrogen functional groups attached to an aromatic ring is 4. The van der Waals surface area contributed by atoms with Gasteiger partial charge in [-0.25, -0.2) is 0 Å². The first-order valence-corrected chi connectivity index (χ1v) is 30.3. The van der Waals surface area contributed by atoms with Gasteiger partial charge in [-0.05, 0) is 220 Å². The summed E-state index contributed by atoms with van der Waals surface area (Å²) in [5.41, 5.74) is 24.9. The molecule has 20 nitrogen and oxygen atoms in total. The number of ether oxygens (including phenoxy) is 5. The largest absolute Gasteiger partial charge is 0.494 e. The fraction of sp³-hybridized carbons (Fsp3) is 0.531. The van der Waals surface area contributed by atoms with Gasteiger partial charge in [0.05, 0.1) is 33.0 Å². The second-order valence-corrected chi connectivity index (χ2v) is 21.6. The predicted octanol–water partition coefficient (Wildman–Crippen LogP) is 8.29. The molecular formula is C64H96N12O8. The molecule has 2 saturated heterocycles. The fourth-order valence-corrected chi connectivity index (χ4v) is 10.5. The first-order valence-electron chi connectivity index (χ1n) is 30.3. The predicted molar refractivity (Wildman–Crippen MR) is 334 cm³/mol. The molecule has 4 aromatic carbocycles. The third-order valence-corrected chi connectivity index (χ3v) is 15.3. The van der Waals surface area contributed by atoms with Gasteiger partial charge in [-0.15, -0.1) is 0 Å². The number of hydrogen-bond donors (Lipinski definition) is 9. The van der Waals surface area contributed by atoms with Gasteiger partial charge in [0, 0.05) is 73.4 Å². The van der Waals surface area contributed by atoms with Crippen molar-refractivity contribution in [1.82, 2.24) is 19.6 Å². The summed E-state index contributed by atoms with van der Waals surface area (Å²) in [6.07, 6.45) is 14.6. The van der Waals surface area contributed by atoms with E-state index in [1.165, 1.54) is 0 Å². The smallest absolute Gasteiger partial charge is 0.305 e. The normalized spacial score (nSPS) is 14.1. The van der Waals surface area contributed by atoms with Crippen LogP contribution in [0.3, 0.4) is 0 Å². The van der Waals surface area contributed by atoms with Crippen LogP contribution in [0.5, 0.6) is 23.0 Å². The Morgan fingerprint density at radius 1 is 0.452 bits per heavy atom. The van der Waals surface area contributed by atoms with Crippen molar-refractivity contribution in [1.29, 1.82) is 21.6 Å². The summed E-state index contributed by atoms with van der Waals surface area (Å²) in [6, 6.07) is 30.4. The second kappa shape index (κ2) is 38.6. The van der Waals surface area contributed by atoms with Gasteiger partial charge in [0.2, 0.25) is 0 Å². The number of carbonyl (C=O) groups is 2. The lowest BCUT2D eigenvalue weighted by Gasteiger charge is -2.38. The van der Waals surface area contributed by atoms with Crippen LogP contribution >= 0.6 is 0 Å². The Balaban J connectivity index is 0.000000308. The van der Waals surface area contributed by atoms with E-state index in [2.05, 4.69) is 19.6 Å². The summed E-state index contributed by atoms with van der Waals surface area (Å²) < 4.78 is 28.7. The summed E-state index contributed by atoms with van der Waals surface area (Å²) in [5, 5.41) is 38.9. The van der Waals surface area contributed by atoms with Crippen LogP contribution in [-0.2, 0) is 14.3 Å². The van der Waals surface area contributed by atoms with E-state index in [0.29, 0.717) is 73.8 Å². The number of amidine groups is 4. The summed E-state index contributed by atoms with van der Waals surface area (Å²) >= 11 is 0. The third-order valence-electron chi connectivity index (χ3n) is 15.3. The molecule has 460 valence electrons. The Morgan fingerprint density at radius 2 is 0.750 bits per heavy atom. The summed E-state index contributed by atoms with van der Waals surface area (Å²) in [6.45, 7) is 15.1. The van der Waals surface area contributed by atoms with Gasteiger partial charge in [-0.2, -0.15) is 0 Å². The highest BCUT2D eigenvalue weighted by molar-refractivity contribution is 5.96. The summed E-state index contributed by atoms with van der Waals surface area (Å²) in [7, 11) is 0. The van der Waals surface area contributed by atoms with Crippen molar-refractivity contribution in [2.45, 2.75) is 122 Å². The molecule has 0 amide bonds. The van der Waals surface area contributed by atoms with E-state index in [9.17, 15) is 9.59 Å². The summed E-state index contributed by atoms with van der Waals surface area (Å²) in [4.78, 5) is 32.8. The quantitative estimate of drug-likeness (QED) is 0.00878. The molecule has 6 rings (SSSR count). The highest BCUT2D eigenvalue weighted by Crippen LogP contribution is 2.22. The second-order valence-electron chi connectivity index (χ2n) is 21.6. The van der Waals surface area contributed by atoms with E-state index in [0.717, 1.165) is 178 Å². The van der Waals surface area contributed by atoms with Gasteiger partial charge >= 0.3 is 11.9 Å². The van der Waals surface area contributed by atoms with Gasteiger partial charge in [0.25, 0.3) is 0 Å². The highest BCUT2D eigenvalue weighted by Gasteiger charge is 2.26. The molecule has 2 aliphatic heterocycles. The molecule has 0 bridgehead atoms. The molecule has 2 fully saturated rings. The van der Waals surface area contributed by atoms with Gasteiger partial charge < -0.3 is 71.3 Å². The fourth-order valence-electron chi connectivity index (χ4n) is 10.5. The van der Waals surface area contributed by atoms with E-state index in [1.807, 2.05) is 79.7 Å². The van der Waals surface area contributed by atoms with E-state index < -0.39 is 5.97 Å². The zero-order chi connectivity index (χ0) is 60.3. The van der Waals surface area contributed by atoms with E-state index in [1.54, 1.807) is 24.3 Å². The van der Waals surface area contributed by atoms with Crippen LogP contribution in [0.1, 0.15) is 132 Å². The molecule has 0 saturated carbocycles. The number of nitrogens with two attached hydrogens (primary N) is 4. The van der Waals surface area contributed by atoms with Crippen molar-refractivity contribution in [3.63, 3.8) is 0 Å². The molecule has 0 aliphatic carbocycles. The number of piperidine rings is 2. The molecule has 2 aliphatic rings. The van der Waals surface area contributed by atoms with E-state index in [4.69, 9.17) is 73.4 Å². The van der Waals surface area contributed by atoms with Crippen molar-refractivity contribution in [3.05, 3.63) is 119 Å². The number of likely N-dealkylation sites (tertiary alicyclic amines) is 2. The average Bonchev–Trinajstić information content (AvgIpc) is 3.53. The number of rotatable bonds is 39. The Morgan fingerprint density at radius 3 is 1.05 bits per heavy atom. The highest BCUT2D eigenvalue weighted by atomic mass is 16.5. The lowest BCUT2D eigenvalue weighted by Crippen LogP contribution is -2.46. The van der Waals surface area contributed by atoms with E-state index in [-0.39, 0.29) is 35.7 Å². The number of nitrogens with zero attached hydrogens (tertiary/aromatic N) is 4. The van der Waals surface area contributed by atoms with Gasteiger partial charge in [-0.1, -0.05) is 12.8 Å². The van der Waals surface area contributed by atoms with Crippen molar-refractivity contribution < 1.29 is 38.4 Å². The zero-order valence-electron chi connectivity index (χ0n) is 49.7. The maximum atomic E-state index is 11.7. The molecule has 0 aromatic heterocycles. The van der Waals surface area contributed by atoms with Gasteiger partial charge in [0.1, 0.15) is 46.3 Å². The van der Waals surface area contributed by atoms with Gasteiger partial charge in [0.15, 0.2) is 0 Å². The minimum absolute atomic E-state index is 0.0484. The topological polar surface area (TPSA) is 313 Å². The SMILES string of the molecule is CCOC(=O)CCCCCN(CCCOc1ccc(C(=N)N)cc1)C1CCN(CCCOc2ccc(C(=N)N)cc2)CC1.N=C(N)c1ccc(OCCCN2CCC(N(CCCCCC(=O)O)CCCOc3ccc(C(=N)N)cc3)CC2)cc1. The Labute approximate surface area is 498 Å². The third kappa shape index (κ3) is 26.5. The molecule has 0 atom stereocenters. The number of carboxylic acid groups (broad SMARTS) is 1. The van der Waals surface area contributed by atoms with Crippen LogP contribution in [0.15, 0.2) is 97.1 Å². The van der Waals surface area contributed by atoms with Crippen molar-refractivity contribution in [2.75, 3.05) is 98.5 Å². The Bertz CT molecular complexity index is 2560. The first kappa shape index (κ1) is 67.5. The number of benzene rings is 4. The molecule has 4 aromatic rings. The maximum absolute atomic E-state index is 11.7. The molecule has 84 heavy (non-hydrogen) atoms. The maximum Gasteiger partial charge on any atom is 0.305 e. The number of unbranched alkanes of at least 4 members (excludes halogenated alkanes) is 4. The summed E-state index contributed by atoms with van der Waals surface area (Å²) in [5.74, 6) is 2.57. The molecule has 2 heterocycles. The number of nitrogens with one attached hydrogen (secondary N) is 4. The van der Waals surface area contributed by atoms with E-state index >= 15 is 0 Å². The van der Waals surface area contributed by atoms with Crippen molar-refractivity contribution in [3.8, 4) is 23.0 Å². The minimum atomic E-state index is -0.723. The standard InChI is InChI=1S/C33H50N6O4.C31H46N6O4/c1-2-41-31(40)8-4-3-5-20-39(21-7-25-43-30-15-11-27(12-16-30)33(36)37)28-17-22-38(23-18-28)19-6-24-42-29-13-9-26(10-14-29)32(34)35;32-30(33)24-7-11-27(12-8-24)40-22-4-17-36-20-15-26(16-21-36)37(18-3-1-2-6-29(38)39)19-5-23-41-28-13-9-25(10-14-28)31(34)35/h9-16,28H,2-8,17-25H2,1H3,(H3,34,35)(H3,36,37);7-14,26H,1-6,15-23H2,(H3,32,33)(H3,34,35)(H,38,39). The molecule has 20 heteroatoms. The molecule has 0 radical (unpaired) electrons. The van der Waals surface area contributed by atoms with Crippen LogP contribution in [0.2, 0.25) is 0 Å². The number of carbonyl (C=O) groups excluding carboxylic acids is 1. The van der Waals surface area contributed by atoms with Crippen LogP contribution in [-0.4, -0.2) is 171 Å². The van der Waals surface area contributed by atoms with Crippen LogP contribution in [0, 0.1) is 21.6 Å². The van der Waals surface area contributed by atoms with Crippen molar-refractivity contribution >= 4 is 35.3 Å². The van der Waals surface area contributed by atoms with Gasteiger partial charge in [-0.3, -0.25) is 31.2 Å². The molecule has 0 spiro atoms. The number of carboxylic acids is 1. The minimum Gasteiger partial charge on any atom is -0.494 e. The number of esters is 1. The number of aliphatic carboxylic acids is 1. The lowest BCUT2D eigenvalue weighted by atomic mass is 10.0. The van der Waals surface area contributed by atoms with Crippen LogP contribution < -0.4 is 41.9 Å². The van der Waals surface area contributed by atoms with Crippen LogP contribution in [0.4, 0.5) is 0 Å². The Kier molecular flexibility index (Phi) is 31.0. The Hall–Kier alpha value is -7.26. The molecular weight excluding hydrogens is 1060 g/mol. The monoisotopic (exact) mass is 1160 g/mol.